The van der Waals surface area contributed by atoms with E-state index in [9.17, 15) is 8.42 Å². The van der Waals surface area contributed by atoms with E-state index >= 15 is 0 Å². The molecule has 0 saturated carbocycles. The Kier molecular flexibility index (Phi) is 4.01. The molecule has 3 heterocycles. The molecule has 0 saturated heterocycles. The van der Waals surface area contributed by atoms with Gasteiger partial charge in [-0.15, -0.1) is 11.3 Å². The predicted molar refractivity (Wildman–Crippen MR) is 99.1 cm³/mol. The molecule has 0 spiro atoms. The molecule has 128 valence electrons. The monoisotopic (exact) mass is 372 g/mol. The van der Waals surface area contributed by atoms with Crippen molar-refractivity contribution in [2.75, 3.05) is 5.75 Å². The molecule has 1 aliphatic heterocycles. The zero-order chi connectivity index (χ0) is 17.4. The van der Waals surface area contributed by atoms with Crippen LogP contribution in [0.15, 0.2) is 53.2 Å². The summed E-state index contributed by atoms with van der Waals surface area (Å²) in [5.41, 5.74) is 3.21. The van der Waals surface area contributed by atoms with E-state index in [-0.39, 0.29) is 11.8 Å². The number of fused-ring (bicyclic) bond motifs is 1. The lowest BCUT2D eigenvalue weighted by molar-refractivity contribution is 0.372. The smallest absolute Gasteiger partial charge is 0.250 e. The molecule has 0 aliphatic carbocycles. The van der Waals surface area contributed by atoms with Crippen LogP contribution in [0.3, 0.4) is 0 Å². The highest BCUT2D eigenvalue weighted by Gasteiger charge is 2.36. The van der Waals surface area contributed by atoms with Crippen molar-refractivity contribution in [1.82, 2.24) is 14.4 Å². The number of aromatic nitrogens is 2. The van der Waals surface area contributed by atoms with Crippen LogP contribution in [0.4, 0.5) is 0 Å². The summed E-state index contributed by atoms with van der Waals surface area (Å²) in [5, 5.41) is 6.42. The van der Waals surface area contributed by atoms with E-state index in [4.69, 9.17) is 0 Å². The molecule has 6 nitrogen and oxygen atoms in total. The summed E-state index contributed by atoms with van der Waals surface area (Å²) in [6, 6.07) is 9.24. The summed E-state index contributed by atoms with van der Waals surface area (Å²) in [6.07, 6.45) is 3.82. The molecule has 1 unspecified atom stereocenters. The summed E-state index contributed by atoms with van der Waals surface area (Å²) >= 11 is 1.57. The molecular weight excluding hydrogens is 356 g/mol. The Morgan fingerprint density at radius 3 is 2.72 bits per heavy atom. The fourth-order valence-electron chi connectivity index (χ4n) is 2.90. The number of sulfonamides is 1. The van der Waals surface area contributed by atoms with Gasteiger partial charge in [-0.25, -0.2) is 8.42 Å². The summed E-state index contributed by atoms with van der Waals surface area (Å²) in [5.74, 6) is 0.0120. The largest absolute Gasteiger partial charge is 0.253 e. The molecule has 8 heteroatoms. The summed E-state index contributed by atoms with van der Waals surface area (Å²) in [7, 11) is -3.46. The Morgan fingerprint density at radius 1 is 1.20 bits per heavy atom. The van der Waals surface area contributed by atoms with E-state index in [1.807, 2.05) is 35.7 Å². The van der Waals surface area contributed by atoms with Gasteiger partial charge in [-0.3, -0.25) is 9.97 Å². The third-order valence-corrected chi connectivity index (χ3v) is 6.76. The molecule has 0 bridgehead atoms. The highest BCUT2D eigenvalue weighted by Crippen LogP contribution is 2.36. The van der Waals surface area contributed by atoms with Gasteiger partial charge in [0, 0.05) is 18.8 Å². The minimum absolute atomic E-state index is 0.0120. The van der Waals surface area contributed by atoms with Crippen LogP contribution in [0.2, 0.25) is 0 Å². The number of rotatable bonds is 4. The van der Waals surface area contributed by atoms with Crippen LogP contribution < -0.4 is 0 Å². The van der Waals surface area contributed by atoms with Gasteiger partial charge in [0.2, 0.25) is 10.0 Å². The van der Waals surface area contributed by atoms with Crippen LogP contribution in [-0.4, -0.2) is 34.3 Å². The molecule has 0 amide bonds. The number of benzene rings is 1. The fourth-order valence-corrected chi connectivity index (χ4v) is 4.70. The van der Waals surface area contributed by atoms with Gasteiger partial charge >= 0.3 is 0 Å². The molecule has 2 aromatic heterocycles. The van der Waals surface area contributed by atoms with Crippen LogP contribution in [-0.2, 0) is 10.0 Å². The minimum atomic E-state index is -3.46. The van der Waals surface area contributed by atoms with Crippen molar-refractivity contribution in [3.05, 3.63) is 58.5 Å². The predicted octanol–water partition coefficient (Wildman–Crippen LogP) is 3.19. The van der Waals surface area contributed by atoms with Crippen LogP contribution in [0.25, 0.3) is 11.0 Å². The maximum absolute atomic E-state index is 12.6. The van der Waals surface area contributed by atoms with Gasteiger partial charge in [0.1, 0.15) is 0 Å². The van der Waals surface area contributed by atoms with Crippen LogP contribution in [0.5, 0.6) is 0 Å². The standard InChI is InChI=1S/C17H16N4O2S2/c1-2-25(22,23)21-16(11-15(20-21)17-4-3-9-24-17)12-5-6-13-14(10-12)19-8-7-18-13/h3-10,16H,2,11H2,1H3. The lowest BCUT2D eigenvalue weighted by Crippen LogP contribution is -2.28. The summed E-state index contributed by atoms with van der Waals surface area (Å²) in [4.78, 5) is 9.59. The van der Waals surface area contributed by atoms with E-state index in [2.05, 4.69) is 15.1 Å². The average molecular weight is 372 g/mol. The summed E-state index contributed by atoms with van der Waals surface area (Å²) in [6.45, 7) is 1.64. The first-order chi connectivity index (χ1) is 12.1. The lowest BCUT2D eigenvalue weighted by atomic mass is 10.0. The molecule has 25 heavy (non-hydrogen) atoms. The van der Waals surface area contributed by atoms with E-state index in [1.54, 1.807) is 30.7 Å². The minimum Gasteiger partial charge on any atom is -0.253 e. The Balaban J connectivity index is 1.78. The fraction of sp³-hybridized carbons (Fsp3) is 0.235. The van der Waals surface area contributed by atoms with E-state index in [0.717, 1.165) is 27.2 Å². The summed E-state index contributed by atoms with van der Waals surface area (Å²) < 4.78 is 26.4. The first-order valence-electron chi connectivity index (χ1n) is 7.92. The molecule has 0 radical (unpaired) electrons. The third-order valence-electron chi connectivity index (χ3n) is 4.21. The van der Waals surface area contributed by atoms with Crippen molar-refractivity contribution >= 4 is 38.1 Å². The second-order valence-corrected chi connectivity index (χ2v) is 8.78. The number of hydrogen-bond donors (Lipinski definition) is 0. The highest BCUT2D eigenvalue weighted by atomic mass is 32.2. The molecule has 4 rings (SSSR count). The molecule has 1 aliphatic rings. The SMILES string of the molecule is CCS(=O)(=O)N1N=C(c2cccs2)CC1c1ccc2nccnc2c1. The number of thiophene rings is 1. The van der Waals surface area contributed by atoms with E-state index < -0.39 is 10.0 Å². The maximum Gasteiger partial charge on any atom is 0.250 e. The zero-order valence-electron chi connectivity index (χ0n) is 13.5. The lowest BCUT2D eigenvalue weighted by Gasteiger charge is -2.22. The average Bonchev–Trinajstić information content (AvgIpc) is 3.31. The second kappa shape index (κ2) is 6.20. The third kappa shape index (κ3) is 2.91. The Morgan fingerprint density at radius 2 is 2.00 bits per heavy atom. The topological polar surface area (TPSA) is 75.5 Å². The van der Waals surface area contributed by atoms with Crippen LogP contribution in [0, 0.1) is 0 Å². The van der Waals surface area contributed by atoms with Gasteiger partial charge < -0.3 is 0 Å². The van der Waals surface area contributed by atoms with E-state index in [0.29, 0.717) is 6.42 Å². The van der Waals surface area contributed by atoms with Gasteiger partial charge in [-0.05, 0) is 36.1 Å². The van der Waals surface area contributed by atoms with Crippen molar-refractivity contribution < 1.29 is 8.42 Å². The van der Waals surface area contributed by atoms with Gasteiger partial charge in [0.05, 0.1) is 33.4 Å². The second-order valence-electron chi connectivity index (χ2n) is 5.72. The zero-order valence-corrected chi connectivity index (χ0v) is 15.2. The molecule has 1 aromatic carbocycles. The number of hydrazone groups is 1. The van der Waals surface area contributed by atoms with Gasteiger partial charge in [0.15, 0.2) is 0 Å². The molecule has 0 fully saturated rings. The van der Waals surface area contributed by atoms with Crippen molar-refractivity contribution in [1.29, 1.82) is 0 Å². The van der Waals surface area contributed by atoms with Gasteiger partial charge in [-0.1, -0.05) is 12.1 Å². The maximum atomic E-state index is 12.6. The normalized spacial score (nSPS) is 17.9. The molecular formula is C17H16N4O2S2. The Bertz CT molecular complexity index is 1050. The molecule has 3 aromatic rings. The number of nitrogens with zero attached hydrogens (tertiary/aromatic N) is 4. The molecule has 1 atom stereocenters. The quantitative estimate of drug-likeness (QED) is 0.705. The van der Waals surface area contributed by atoms with Crippen molar-refractivity contribution in [3.63, 3.8) is 0 Å². The van der Waals surface area contributed by atoms with Gasteiger partial charge in [0.25, 0.3) is 0 Å². The van der Waals surface area contributed by atoms with Crippen molar-refractivity contribution in [2.45, 2.75) is 19.4 Å². The van der Waals surface area contributed by atoms with Crippen molar-refractivity contribution in [2.24, 2.45) is 5.10 Å². The van der Waals surface area contributed by atoms with E-state index in [1.165, 1.54) is 4.41 Å². The first kappa shape index (κ1) is 16.2. The first-order valence-corrected chi connectivity index (χ1v) is 10.4. The highest BCUT2D eigenvalue weighted by molar-refractivity contribution is 7.89. The Labute approximate surface area is 149 Å². The Hall–Kier alpha value is -2.32. The number of hydrogen-bond acceptors (Lipinski definition) is 6. The van der Waals surface area contributed by atoms with Crippen molar-refractivity contribution in [3.8, 4) is 0 Å². The molecule has 0 N–H and O–H groups in total. The van der Waals surface area contributed by atoms with Crippen LogP contribution in [0.1, 0.15) is 29.8 Å². The van der Waals surface area contributed by atoms with Gasteiger partial charge in [-0.2, -0.15) is 9.52 Å². The van der Waals surface area contributed by atoms with Crippen LogP contribution >= 0.6 is 11.3 Å².